The molecule has 0 atom stereocenters. The lowest BCUT2D eigenvalue weighted by atomic mass is 10.2. The van der Waals surface area contributed by atoms with Gasteiger partial charge in [-0.2, -0.15) is 0 Å². The standard InChI is InChI=1S/C14H14BrClN2O/c1-8-5-10(15)13(7-11(8)16)18-9-3-4-12(17)14(6-9)19-2/h3-7,18H,17H2,1-2H3. The summed E-state index contributed by atoms with van der Waals surface area (Å²) in [7, 11) is 1.59. The highest BCUT2D eigenvalue weighted by atomic mass is 79.9. The van der Waals surface area contributed by atoms with E-state index in [4.69, 9.17) is 22.1 Å². The number of benzene rings is 2. The minimum atomic E-state index is 0.606. The normalized spacial score (nSPS) is 10.3. The quantitative estimate of drug-likeness (QED) is 0.792. The number of nitrogens with one attached hydrogen (secondary N) is 1. The Bertz CT molecular complexity index is 617. The third-order valence-electron chi connectivity index (χ3n) is 2.76. The first-order chi connectivity index (χ1) is 9.01. The Balaban J connectivity index is 2.33. The van der Waals surface area contributed by atoms with E-state index in [0.717, 1.165) is 21.4 Å². The predicted molar refractivity (Wildman–Crippen MR) is 84.6 cm³/mol. The molecule has 0 heterocycles. The van der Waals surface area contributed by atoms with E-state index in [1.54, 1.807) is 13.2 Å². The van der Waals surface area contributed by atoms with Crippen LogP contribution >= 0.6 is 27.5 Å². The van der Waals surface area contributed by atoms with Crippen molar-refractivity contribution in [3.63, 3.8) is 0 Å². The smallest absolute Gasteiger partial charge is 0.143 e. The third-order valence-corrected chi connectivity index (χ3v) is 3.82. The van der Waals surface area contributed by atoms with E-state index in [0.29, 0.717) is 16.5 Å². The van der Waals surface area contributed by atoms with Gasteiger partial charge in [0.25, 0.3) is 0 Å². The molecule has 19 heavy (non-hydrogen) atoms. The average molecular weight is 342 g/mol. The SMILES string of the molecule is COc1cc(Nc2cc(Cl)c(C)cc2Br)ccc1N. The van der Waals surface area contributed by atoms with Crippen molar-refractivity contribution in [2.75, 3.05) is 18.2 Å². The van der Waals surface area contributed by atoms with Gasteiger partial charge in [0.05, 0.1) is 18.5 Å². The molecule has 3 nitrogen and oxygen atoms in total. The molecule has 2 aromatic rings. The van der Waals surface area contributed by atoms with Crippen LogP contribution in [0.2, 0.25) is 5.02 Å². The zero-order valence-electron chi connectivity index (χ0n) is 10.6. The molecule has 2 rings (SSSR count). The summed E-state index contributed by atoms with van der Waals surface area (Å²) in [4.78, 5) is 0. The van der Waals surface area contributed by atoms with Crippen LogP contribution in [-0.4, -0.2) is 7.11 Å². The van der Waals surface area contributed by atoms with Gasteiger partial charge in [0.15, 0.2) is 0 Å². The summed E-state index contributed by atoms with van der Waals surface area (Å²) in [5, 5.41) is 3.99. The van der Waals surface area contributed by atoms with Gasteiger partial charge >= 0.3 is 0 Å². The van der Waals surface area contributed by atoms with Gasteiger partial charge in [0, 0.05) is 21.2 Å². The Morgan fingerprint density at radius 3 is 2.68 bits per heavy atom. The zero-order valence-corrected chi connectivity index (χ0v) is 13.0. The maximum absolute atomic E-state index is 6.13. The molecular weight excluding hydrogens is 328 g/mol. The second kappa shape index (κ2) is 5.72. The number of hydrogen-bond donors (Lipinski definition) is 2. The number of hydrogen-bond acceptors (Lipinski definition) is 3. The first-order valence-corrected chi connectivity index (χ1v) is 6.84. The minimum Gasteiger partial charge on any atom is -0.495 e. The molecule has 0 spiro atoms. The highest BCUT2D eigenvalue weighted by Crippen LogP contribution is 2.33. The molecule has 0 aliphatic rings. The van der Waals surface area contributed by atoms with Crippen LogP contribution in [0, 0.1) is 6.92 Å². The molecule has 3 N–H and O–H groups in total. The van der Waals surface area contributed by atoms with E-state index in [-0.39, 0.29) is 0 Å². The summed E-state index contributed by atoms with van der Waals surface area (Å²) in [6.45, 7) is 1.96. The van der Waals surface area contributed by atoms with Gasteiger partial charge in [0.2, 0.25) is 0 Å². The number of halogens is 2. The number of ether oxygens (including phenoxy) is 1. The zero-order chi connectivity index (χ0) is 14.0. The molecule has 2 aromatic carbocycles. The van der Waals surface area contributed by atoms with E-state index in [2.05, 4.69) is 21.2 Å². The summed E-state index contributed by atoms with van der Waals surface area (Å²) in [5.41, 5.74) is 9.18. The summed E-state index contributed by atoms with van der Waals surface area (Å²) < 4.78 is 6.14. The van der Waals surface area contributed by atoms with Gasteiger partial charge in [-0.15, -0.1) is 0 Å². The Kier molecular flexibility index (Phi) is 4.22. The van der Waals surface area contributed by atoms with Gasteiger partial charge in [-0.1, -0.05) is 11.6 Å². The number of nitrogen functional groups attached to an aromatic ring is 1. The van der Waals surface area contributed by atoms with Crippen LogP contribution in [0.1, 0.15) is 5.56 Å². The van der Waals surface area contributed by atoms with E-state index in [1.165, 1.54) is 0 Å². The molecule has 0 aliphatic carbocycles. The number of nitrogens with two attached hydrogens (primary N) is 1. The van der Waals surface area contributed by atoms with Gasteiger partial charge in [-0.25, -0.2) is 0 Å². The van der Waals surface area contributed by atoms with E-state index < -0.39 is 0 Å². The van der Waals surface area contributed by atoms with Crippen molar-refractivity contribution in [1.82, 2.24) is 0 Å². The monoisotopic (exact) mass is 340 g/mol. The lowest BCUT2D eigenvalue weighted by molar-refractivity contribution is 0.417. The first-order valence-electron chi connectivity index (χ1n) is 5.67. The topological polar surface area (TPSA) is 47.3 Å². The van der Waals surface area contributed by atoms with Crippen LogP contribution in [0.15, 0.2) is 34.8 Å². The maximum atomic E-state index is 6.13. The van der Waals surface area contributed by atoms with Crippen LogP contribution in [0.25, 0.3) is 0 Å². The molecule has 0 saturated carbocycles. The van der Waals surface area contributed by atoms with Crippen LogP contribution in [0.5, 0.6) is 5.75 Å². The molecular formula is C14H14BrClN2O. The van der Waals surface area contributed by atoms with Crippen LogP contribution < -0.4 is 15.8 Å². The minimum absolute atomic E-state index is 0.606. The molecule has 0 aliphatic heterocycles. The van der Waals surface area contributed by atoms with Gasteiger partial charge in [0.1, 0.15) is 5.75 Å². The van der Waals surface area contributed by atoms with Gasteiger partial charge in [-0.3, -0.25) is 0 Å². The molecule has 0 saturated heterocycles. The van der Waals surface area contributed by atoms with E-state index in [1.807, 2.05) is 31.2 Å². The third kappa shape index (κ3) is 3.14. The molecule has 0 bridgehead atoms. The van der Waals surface area contributed by atoms with Crippen molar-refractivity contribution >= 4 is 44.6 Å². The lowest BCUT2D eigenvalue weighted by Crippen LogP contribution is -1.96. The predicted octanol–water partition coefficient (Wildman–Crippen LogP) is 4.75. The molecule has 100 valence electrons. The largest absolute Gasteiger partial charge is 0.495 e. The fourth-order valence-electron chi connectivity index (χ4n) is 1.69. The summed E-state index contributed by atoms with van der Waals surface area (Å²) in [5.74, 6) is 0.638. The Morgan fingerprint density at radius 2 is 2.00 bits per heavy atom. The van der Waals surface area contributed by atoms with Crippen molar-refractivity contribution in [1.29, 1.82) is 0 Å². The molecule has 0 aromatic heterocycles. The molecule has 0 amide bonds. The number of anilines is 3. The highest BCUT2D eigenvalue weighted by molar-refractivity contribution is 9.10. The summed E-state index contributed by atoms with van der Waals surface area (Å²) >= 11 is 9.64. The fourth-order valence-corrected chi connectivity index (χ4v) is 2.41. The van der Waals surface area contributed by atoms with Crippen molar-refractivity contribution in [3.8, 4) is 5.75 Å². The Morgan fingerprint density at radius 1 is 1.26 bits per heavy atom. The van der Waals surface area contributed by atoms with Crippen molar-refractivity contribution in [2.24, 2.45) is 0 Å². The second-order valence-electron chi connectivity index (χ2n) is 4.16. The molecule has 0 fully saturated rings. The van der Waals surface area contributed by atoms with Gasteiger partial charge in [-0.05, 0) is 52.7 Å². The van der Waals surface area contributed by atoms with Crippen molar-refractivity contribution in [3.05, 3.63) is 45.4 Å². The molecule has 5 heteroatoms. The number of aryl methyl sites for hydroxylation is 1. The highest BCUT2D eigenvalue weighted by Gasteiger charge is 2.06. The lowest BCUT2D eigenvalue weighted by Gasteiger charge is -2.12. The first kappa shape index (κ1) is 14.0. The Labute approximate surface area is 125 Å². The number of rotatable bonds is 3. The van der Waals surface area contributed by atoms with Crippen LogP contribution in [0.3, 0.4) is 0 Å². The van der Waals surface area contributed by atoms with Gasteiger partial charge < -0.3 is 15.8 Å². The molecule has 0 unspecified atom stereocenters. The summed E-state index contributed by atoms with van der Waals surface area (Å²) in [6.07, 6.45) is 0. The van der Waals surface area contributed by atoms with Crippen LogP contribution in [-0.2, 0) is 0 Å². The Hall–Kier alpha value is -1.39. The average Bonchev–Trinajstić information content (AvgIpc) is 2.38. The number of methoxy groups -OCH3 is 1. The van der Waals surface area contributed by atoms with Crippen molar-refractivity contribution < 1.29 is 4.74 Å². The van der Waals surface area contributed by atoms with Crippen molar-refractivity contribution in [2.45, 2.75) is 6.92 Å². The fraction of sp³-hybridized carbons (Fsp3) is 0.143. The van der Waals surface area contributed by atoms with E-state index in [9.17, 15) is 0 Å². The second-order valence-corrected chi connectivity index (χ2v) is 5.42. The molecule has 0 radical (unpaired) electrons. The van der Waals surface area contributed by atoms with Crippen LogP contribution in [0.4, 0.5) is 17.1 Å². The summed E-state index contributed by atoms with van der Waals surface area (Å²) in [6, 6.07) is 9.38. The maximum Gasteiger partial charge on any atom is 0.143 e. The van der Waals surface area contributed by atoms with E-state index >= 15 is 0 Å².